The highest BCUT2D eigenvalue weighted by Crippen LogP contribution is 2.27. The van der Waals surface area contributed by atoms with Crippen LogP contribution in [-0.4, -0.2) is 36.9 Å². The number of nitrogens with zero attached hydrogens (tertiary/aromatic N) is 2. The van der Waals surface area contributed by atoms with E-state index in [0.29, 0.717) is 30.0 Å². The van der Waals surface area contributed by atoms with E-state index in [0.717, 1.165) is 16.8 Å². The molecule has 2 N–H and O–H groups in total. The first-order valence-corrected chi connectivity index (χ1v) is 9.36. The molecule has 30 heavy (non-hydrogen) atoms. The highest BCUT2D eigenvalue weighted by molar-refractivity contribution is 6.02. The van der Waals surface area contributed by atoms with Gasteiger partial charge in [-0.3, -0.25) is 9.89 Å². The highest BCUT2D eigenvalue weighted by Gasteiger charge is 2.12. The molecular formula is C23H22N4O3. The zero-order chi connectivity index (χ0) is 21.3. The number of nitriles is 1. The summed E-state index contributed by atoms with van der Waals surface area (Å²) in [5, 5.41) is 19.2. The van der Waals surface area contributed by atoms with Gasteiger partial charge in [0.1, 0.15) is 11.6 Å². The Morgan fingerprint density at radius 2 is 1.93 bits per heavy atom. The van der Waals surface area contributed by atoms with Crippen LogP contribution in [0.3, 0.4) is 0 Å². The molecule has 0 unspecified atom stereocenters. The number of hydrogen-bond donors (Lipinski definition) is 2. The zero-order valence-corrected chi connectivity index (χ0v) is 16.8. The third-order valence-electron chi connectivity index (χ3n) is 4.54. The van der Waals surface area contributed by atoms with E-state index < -0.39 is 5.91 Å². The molecule has 0 radical (unpaired) electrons. The number of nitrogens with one attached hydrogen (secondary N) is 2. The molecule has 152 valence electrons. The van der Waals surface area contributed by atoms with Crippen molar-refractivity contribution in [3.05, 3.63) is 71.4 Å². The summed E-state index contributed by atoms with van der Waals surface area (Å²) in [6.45, 7) is 0.379. The quantitative estimate of drug-likeness (QED) is 0.445. The van der Waals surface area contributed by atoms with E-state index in [4.69, 9.17) is 9.47 Å². The summed E-state index contributed by atoms with van der Waals surface area (Å²) in [6.07, 6.45) is 3.72. The van der Waals surface area contributed by atoms with Crippen LogP contribution in [0.2, 0.25) is 0 Å². The number of amides is 1. The van der Waals surface area contributed by atoms with Crippen LogP contribution in [0.5, 0.6) is 11.5 Å². The monoisotopic (exact) mass is 402 g/mol. The van der Waals surface area contributed by atoms with E-state index >= 15 is 0 Å². The first-order valence-electron chi connectivity index (χ1n) is 9.36. The second-order valence-electron chi connectivity index (χ2n) is 6.43. The minimum absolute atomic E-state index is 0.0147. The topological polar surface area (TPSA) is 100 Å². The average molecular weight is 402 g/mol. The molecule has 0 saturated carbocycles. The van der Waals surface area contributed by atoms with Gasteiger partial charge in [0.25, 0.3) is 5.91 Å². The smallest absolute Gasteiger partial charge is 0.261 e. The first-order chi connectivity index (χ1) is 14.7. The molecule has 3 rings (SSSR count). The number of methoxy groups -OCH3 is 2. The molecule has 1 aromatic heterocycles. The number of carbonyl (C=O) groups is 1. The summed E-state index contributed by atoms with van der Waals surface area (Å²) in [5.74, 6) is 0.847. The molecule has 0 bridgehead atoms. The molecule has 0 saturated heterocycles. The van der Waals surface area contributed by atoms with Gasteiger partial charge in [0.15, 0.2) is 11.5 Å². The molecule has 0 aliphatic carbocycles. The van der Waals surface area contributed by atoms with E-state index in [1.54, 1.807) is 20.4 Å². The van der Waals surface area contributed by atoms with Gasteiger partial charge in [0.2, 0.25) is 0 Å². The molecule has 1 heterocycles. The molecule has 0 aliphatic heterocycles. The fourth-order valence-electron chi connectivity index (χ4n) is 3.00. The number of rotatable bonds is 8. The van der Waals surface area contributed by atoms with E-state index in [2.05, 4.69) is 15.5 Å². The second-order valence-corrected chi connectivity index (χ2v) is 6.43. The van der Waals surface area contributed by atoms with E-state index in [-0.39, 0.29) is 5.57 Å². The van der Waals surface area contributed by atoms with Crippen molar-refractivity contribution >= 4 is 12.0 Å². The summed E-state index contributed by atoms with van der Waals surface area (Å²) in [7, 11) is 3.16. The van der Waals surface area contributed by atoms with Crippen molar-refractivity contribution in [2.75, 3.05) is 20.8 Å². The second kappa shape index (κ2) is 9.94. The molecule has 3 aromatic rings. The van der Waals surface area contributed by atoms with Crippen LogP contribution in [0.4, 0.5) is 0 Å². The SMILES string of the molecule is COc1ccc(CCNC(=O)C(C#N)=Cc2cn[nH]c2-c2ccccc2)cc1OC. The highest BCUT2D eigenvalue weighted by atomic mass is 16.5. The van der Waals surface area contributed by atoms with Crippen LogP contribution in [0.15, 0.2) is 60.3 Å². The Morgan fingerprint density at radius 3 is 2.63 bits per heavy atom. The van der Waals surface area contributed by atoms with Gasteiger partial charge in [0.05, 0.1) is 26.1 Å². The standard InChI is InChI=1S/C23H22N4O3/c1-29-20-9-8-16(12-21(20)30-2)10-11-25-23(28)18(14-24)13-19-15-26-27-22(19)17-6-4-3-5-7-17/h3-9,12-13,15H,10-11H2,1-2H3,(H,25,28)(H,26,27). The number of benzene rings is 2. The zero-order valence-electron chi connectivity index (χ0n) is 16.8. The van der Waals surface area contributed by atoms with Gasteiger partial charge in [-0.1, -0.05) is 36.4 Å². The summed E-state index contributed by atoms with van der Waals surface area (Å²) in [6, 6.07) is 17.2. The molecule has 2 aromatic carbocycles. The third kappa shape index (κ3) is 4.86. The van der Waals surface area contributed by atoms with Crippen molar-refractivity contribution < 1.29 is 14.3 Å². The Morgan fingerprint density at radius 1 is 1.17 bits per heavy atom. The minimum atomic E-state index is -0.432. The van der Waals surface area contributed by atoms with Gasteiger partial charge in [-0.05, 0) is 30.2 Å². The summed E-state index contributed by atoms with van der Waals surface area (Å²) >= 11 is 0. The molecule has 7 heteroatoms. The number of aromatic amines is 1. The van der Waals surface area contributed by atoms with Gasteiger partial charge in [0, 0.05) is 17.7 Å². The normalized spacial score (nSPS) is 10.9. The number of ether oxygens (including phenoxy) is 2. The Hall–Kier alpha value is -4.05. The Labute approximate surface area is 175 Å². The van der Waals surface area contributed by atoms with E-state index in [1.807, 2.05) is 54.6 Å². The van der Waals surface area contributed by atoms with Gasteiger partial charge in [-0.25, -0.2) is 0 Å². The fraction of sp³-hybridized carbons (Fsp3) is 0.174. The Bertz CT molecular complexity index is 1080. The number of aromatic nitrogens is 2. The van der Waals surface area contributed by atoms with Gasteiger partial charge < -0.3 is 14.8 Å². The summed E-state index contributed by atoms with van der Waals surface area (Å²) < 4.78 is 10.5. The van der Waals surface area contributed by atoms with Crippen molar-refractivity contribution in [3.8, 4) is 28.8 Å². The van der Waals surface area contributed by atoms with Crippen molar-refractivity contribution in [2.24, 2.45) is 0 Å². The van der Waals surface area contributed by atoms with Crippen LogP contribution in [0.25, 0.3) is 17.3 Å². The van der Waals surface area contributed by atoms with E-state index in [1.165, 1.54) is 6.08 Å². The average Bonchev–Trinajstić information content (AvgIpc) is 3.26. The number of carbonyl (C=O) groups excluding carboxylic acids is 1. The minimum Gasteiger partial charge on any atom is -0.493 e. The molecule has 7 nitrogen and oxygen atoms in total. The van der Waals surface area contributed by atoms with Crippen LogP contribution >= 0.6 is 0 Å². The lowest BCUT2D eigenvalue weighted by Crippen LogP contribution is -2.26. The lowest BCUT2D eigenvalue weighted by molar-refractivity contribution is -0.117. The third-order valence-corrected chi connectivity index (χ3v) is 4.54. The first kappa shape index (κ1) is 20.7. The molecule has 0 atom stereocenters. The maximum Gasteiger partial charge on any atom is 0.261 e. The Balaban J connectivity index is 1.67. The van der Waals surface area contributed by atoms with Crippen molar-refractivity contribution in [2.45, 2.75) is 6.42 Å². The van der Waals surface area contributed by atoms with Crippen LogP contribution in [0, 0.1) is 11.3 Å². The van der Waals surface area contributed by atoms with Gasteiger partial charge in [-0.2, -0.15) is 10.4 Å². The lowest BCUT2D eigenvalue weighted by Gasteiger charge is -2.10. The van der Waals surface area contributed by atoms with Crippen molar-refractivity contribution in [1.82, 2.24) is 15.5 Å². The van der Waals surface area contributed by atoms with E-state index in [9.17, 15) is 10.1 Å². The maximum absolute atomic E-state index is 12.5. The molecular weight excluding hydrogens is 380 g/mol. The predicted octanol–water partition coefficient (Wildman–Crippen LogP) is 3.36. The largest absolute Gasteiger partial charge is 0.493 e. The van der Waals surface area contributed by atoms with Crippen LogP contribution < -0.4 is 14.8 Å². The molecule has 0 aliphatic rings. The predicted molar refractivity (Wildman–Crippen MR) is 114 cm³/mol. The fourth-order valence-corrected chi connectivity index (χ4v) is 3.00. The molecule has 0 fully saturated rings. The maximum atomic E-state index is 12.5. The number of H-pyrrole nitrogens is 1. The number of hydrogen-bond acceptors (Lipinski definition) is 5. The molecule has 1 amide bonds. The lowest BCUT2D eigenvalue weighted by atomic mass is 10.1. The van der Waals surface area contributed by atoms with Crippen molar-refractivity contribution in [1.29, 1.82) is 5.26 Å². The van der Waals surface area contributed by atoms with Gasteiger partial charge in [-0.15, -0.1) is 0 Å². The Kier molecular flexibility index (Phi) is 6.85. The van der Waals surface area contributed by atoms with Crippen molar-refractivity contribution in [3.63, 3.8) is 0 Å². The van der Waals surface area contributed by atoms with Crippen LogP contribution in [0.1, 0.15) is 11.1 Å². The summed E-state index contributed by atoms with van der Waals surface area (Å²) in [4.78, 5) is 12.5. The molecule has 0 spiro atoms. The van der Waals surface area contributed by atoms with Crippen LogP contribution in [-0.2, 0) is 11.2 Å². The van der Waals surface area contributed by atoms with Gasteiger partial charge >= 0.3 is 0 Å². The summed E-state index contributed by atoms with van der Waals surface area (Å²) in [5.41, 5.74) is 3.35.